The van der Waals surface area contributed by atoms with Gasteiger partial charge in [0, 0.05) is 37.2 Å². The van der Waals surface area contributed by atoms with Crippen LogP contribution in [0.3, 0.4) is 0 Å². The lowest BCUT2D eigenvalue weighted by molar-refractivity contribution is 0.297. The minimum absolute atomic E-state index is 0. The van der Waals surface area contributed by atoms with Crippen LogP contribution in [0, 0.1) is 0 Å². The number of fused-ring (bicyclic) bond motifs is 1. The van der Waals surface area contributed by atoms with E-state index in [-0.39, 0.29) is 24.0 Å². The molecule has 8 nitrogen and oxygen atoms in total. The highest BCUT2D eigenvalue weighted by Gasteiger charge is 2.11. The predicted octanol–water partition coefficient (Wildman–Crippen LogP) is 4.26. The van der Waals surface area contributed by atoms with E-state index in [9.17, 15) is 0 Å². The first-order valence-corrected chi connectivity index (χ1v) is 10.3. The molecule has 170 valence electrons. The van der Waals surface area contributed by atoms with Gasteiger partial charge >= 0.3 is 0 Å². The van der Waals surface area contributed by atoms with Gasteiger partial charge in [-0.1, -0.05) is 6.07 Å². The number of aliphatic imine (C=N–C) groups is 1. The van der Waals surface area contributed by atoms with Crippen LogP contribution in [0.25, 0.3) is 0 Å². The zero-order chi connectivity index (χ0) is 21.3. The van der Waals surface area contributed by atoms with Gasteiger partial charge < -0.3 is 29.3 Å². The Kier molecular flexibility index (Phi) is 9.02. The normalized spacial score (nSPS) is 13.0. The number of ether oxygens (including phenoxy) is 3. The molecule has 0 atom stereocenters. The van der Waals surface area contributed by atoms with Gasteiger partial charge in [0.05, 0.1) is 38.8 Å². The van der Waals surface area contributed by atoms with Gasteiger partial charge in [-0.2, -0.15) is 0 Å². The Morgan fingerprint density at radius 1 is 1.09 bits per heavy atom. The van der Waals surface area contributed by atoms with Crippen molar-refractivity contribution in [1.82, 2.24) is 10.3 Å². The second-order valence-corrected chi connectivity index (χ2v) is 6.93. The number of hydrogen-bond donors (Lipinski definition) is 2. The molecule has 1 aliphatic rings. The lowest BCUT2D eigenvalue weighted by Gasteiger charge is -2.14. The molecule has 2 N–H and O–H groups in total. The molecule has 0 saturated carbocycles. The van der Waals surface area contributed by atoms with Crippen LogP contribution >= 0.6 is 24.0 Å². The topological polar surface area (TPSA) is 90.1 Å². The number of nitrogens with zero attached hydrogens (tertiary/aromatic N) is 2. The van der Waals surface area contributed by atoms with Crippen LogP contribution in [0.4, 0.5) is 5.69 Å². The van der Waals surface area contributed by atoms with Crippen molar-refractivity contribution < 1.29 is 18.6 Å². The minimum atomic E-state index is 0. The Hall–Kier alpha value is -2.95. The summed E-state index contributed by atoms with van der Waals surface area (Å²) in [6.07, 6.45) is 3.28. The highest BCUT2D eigenvalue weighted by molar-refractivity contribution is 14.0. The fourth-order valence-corrected chi connectivity index (χ4v) is 3.10. The Morgan fingerprint density at radius 2 is 1.97 bits per heavy atom. The third-order valence-corrected chi connectivity index (χ3v) is 4.64. The fourth-order valence-electron chi connectivity index (χ4n) is 3.10. The molecular weight excluding hydrogens is 523 g/mol. The molecule has 0 aliphatic carbocycles. The first kappa shape index (κ1) is 23.7. The van der Waals surface area contributed by atoms with E-state index in [1.54, 1.807) is 13.4 Å². The summed E-state index contributed by atoms with van der Waals surface area (Å²) in [7, 11) is 1.60. The number of guanidine groups is 1. The van der Waals surface area contributed by atoms with Crippen molar-refractivity contribution in [2.75, 3.05) is 32.2 Å². The van der Waals surface area contributed by atoms with Gasteiger partial charge in [0.2, 0.25) is 5.88 Å². The maximum Gasteiger partial charge on any atom is 0.213 e. The summed E-state index contributed by atoms with van der Waals surface area (Å²) < 4.78 is 22.1. The standard InChI is InChI=1S/C23H26N4O4.HI/c1-28-22-7-2-5-18(26-22)16-25-23(24-11-10-19-6-3-12-29-19)27-17-8-9-20-21(15-17)31-14-4-13-30-20;/h2-3,5-9,12,15H,4,10-11,13-14,16H2,1H3,(H2,24,25,27);1H. The molecule has 0 spiro atoms. The number of nitrogens with one attached hydrogen (secondary N) is 2. The van der Waals surface area contributed by atoms with Crippen molar-refractivity contribution in [2.45, 2.75) is 19.4 Å². The number of anilines is 1. The molecule has 0 radical (unpaired) electrons. The average Bonchev–Trinajstić information content (AvgIpc) is 3.21. The van der Waals surface area contributed by atoms with Crippen molar-refractivity contribution in [1.29, 1.82) is 0 Å². The van der Waals surface area contributed by atoms with E-state index >= 15 is 0 Å². The summed E-state index contributed by atoms with van der Waals surface area (Å²) >= 11 is 0. The molecule has 1 aliphatic heterocycles. The van der Waals surface area contributed by atoms with Crippen molar-refractivity contribution in [3.05, 3.63) is 66.2 Å². The van der Waals surface area contributed by atoms with Gasteiger partial charge in [0.25, 0.3) is 0 Å². The van der Waals surface area contributed by atoms with Crippen LogP contribution < -0.4 is 24.8 Å². The van der Waals surface area contributed by atoms with Crippen LogP contribution in [0.5, 0.6) is 17.4 Å². The molecule has 4 rings (SSSR count). The Labute approximate surface area is 204 Å². The predicted molar refractivity (Wildman–Crippen MR) is 133 cm³/mol. The van der Waals surface area contributed by atoms with Gasteiger partial charge in [0.15, 0.2) is 17.5 Å². The Bertz CT molecular complexity index is 1010. The van der Waals surface area contributed by atoms with Gasteiger partial charge in [-0.15, -0.1) is 24.0 Å². The van der Waals surface area contributed by atoms with E-state index in [0.717, 1.165) is 41.5 Å². The summed E-state index contributed by atoms with van der Waals surface area (Å²) in [5.41, 5.74) is 1.66. The van der Waals surface area contributed by atoms with Crippen molar-refractivity contribution in [2.24, 2.45) is 4.99 Å². The highest BCUT2D eigenvalue weighted by atomic mass is 127. The summed E-state index contributed by atoms with van der Waals surface area (Å²) in [6.45, 7) is 2.36. The fraction of sp³-hybridized carbons (Fsp3) is 0.304. The number of aromatic nitrogens is 1. The monoisotopic (exact) mass is 550 g/mol. The molecule has 3 heterocycles. The lowest BCUT2D eigenvalue weighted by atomic mass is 10.2. The first-order chi connectivity index (χ1) is 15.3. The molecule has 0 saturated heterocycles. The number of rotatable bonds is 7. The van der Waals surface area contributed by atoms with E-state index < -0.39 is 0 Å². The van der Waals surface area contributed by atoms with Gasteiger partial charge in [0.1, 0.15) is 5.76 Å². The highest BCUT2D eigenvalue weighted by Crippen LogP contribution is 2.32. The second-order valence-electron chi connectivity index (χ2n) is 6.93. The van der Waals surface area contributed by atoms with Crippen molar-refractivity contribution in [3.8, 4) is 17.4 Å². The maximum atomic E-state index is 5.79. The Balaban J connectivity index is 0.00000289. The number of pyridine rings is 1. The first-order valence-electron chi connectivity index (χ1n) is 10.3. The van der Waals surface area contributed by atoms with Crippen LogP contribution in [0.2, 0.25) is 0 Å². The van der Waals surface area contributed by atoms with Crippen LogP contribution in [0.1, 0.15) is 17.9 Å². The maximum absolute atomic E-state index is 5.79. The van der Waals surface area contributed by atoms with Gasteiger partial charge in [-0.05, 0) is 30.3 Å². The molecule has 2 aromatic heterocycles. The molecule has 9 heteroatoms. The molecular formula is C23H27IN4O4. The largest absolute Gasteiger partial charge is 0.490 e. The summed E-state index contributed by atoms with van der Waals surface area (Å²) in [5, 5.41) is 6.69. The van der Waals surface area contributed by atoms with E-state index in [4.69, 9.17) is 18.6 Å². The quantitative estimate of drug-likeness (QED) is 0.258. The second kappa shape index (κ2) is 12.2. The van der Waals surface area contributed by atoms with Crippen LogP contribution in [0.15, 0.2) is 64.2 Å². The van der Waals surface area contributed by atoms with Gasteiger partial charge in [-0.3, -0.25) is 0 Å². The molecule has 32 heavy (non-hydrogen) atoms. The molecule has 0 amide bonds. The number of methoxy groups -OCH3 is 1. The number of halogens is 1. The summed E-state index contributed by atoms with van der Waals surface area (Å²) in [5.74, 6) is 3.60. The third-order valence-electron chi connectivity index (χ3n) is 4.64. The van der Waals surface area contributed by atoms with E-state index in [2.05, 4.69) is 20.6 Å². The van der Waals surface area contributed by atoms with Crippen LogP contribution in [-0.4, -0.2) is 37.8 Å². The van der Waals surface area contributed by atoms with Crippen molar-refractivity contribution >= 4 is 35.6 Å². The van der Waals surface area contributed by atoms with E-state index in [1.807, 2.05) is 48.5 Å². The zero-order valence-electron chi connectivity index (χ0n) is 17.9. The number of hydrogen-bond acceptors (Lipinski definition) is 6. The Morgan fingerprint density at radius 3 is 2.78 bits per heavy atom. The smallest absolute Gasteiger partial charge is 0.213 e. The number of furan rings is 1. The molecule has 0 fully saturated rings. The third kappa shape index (κ3) is 6.78. The SMILES string of the molecule is COc1cccc(CN=C(NCCc2ccco2)Nc2ccc3c(c2)OCCCO3)n1.I. The molecule has 1 aromatic carbocycles. The van der Waals surface area contributed by atoms with E-state index in [0.29, 0.717) is 38.1 Å². The van der Waals surface area contributed by atoms with Gasteiger partial charge in [-0.25, -0.2) is 9.98 Å². The van der Waals surface area contributed by atoms with E-state index in [1.165, 1.54) is 0 Å². The van der Waals surface area contributed by atoms with Crippen molar-refractivity contribution in [3.63, 3.8) is 0 Å². The molecule has 0 bridgehead atoms. The zero-order valence-corrected chi connectivity index (χ0v) is 20.2. The lowest BCUT2D eigenvalue weighted by Crippen LogP contribution is -2.32. The summed E-state index contributed by atoms with van der Waals surface area (Å²) in [4.78, 5) is 9.11. The van der Waals surface area contributed by atoms with Crippen LogP contribution in [-0.2, 0) is 13.0 Å². The molecule has 0 unspecified atom stereocenters. The number of benzene rings is 1. The minimum Gasteiger partial charge on any atom is -0.490 e. The molecule has 3 aromatic rings. The average molecular weight is 550 g/mol. The summed E-state index contributed by atoms with van der Waals surface area (Å²) in [6, 6.07) is 15.2.